The van der Waals surface area contributed by atoms with Crippen molar-refractivity contribution in [3.05, 3.63) is 23.8 Å². The Morgan fingerprint density at radius 3 is 2.70 bits per heavy atom. The SMILES string of the molecule is COc1ccc(N2CC(OC(C)=O)C2=O)cc1[C@@H](C)F. The summed E-state index contributed by atoms with van der Waals surface area (Å²) in [6, 6.07) is 4.87. The maximum atomic E-state index is 13.5. The fraction of sp³-hybridized carbons (Fsp3) is 0.429. The van der Waals surface area contributed by atoms with Crippen molar-refractivity contribution in [2.75, 3.05) is 18.6 Å². The first-order valence-corrected chi connectivity index (χ1v) is 6.24. The van der Waals surface area contributed by atoms with E-state index in [4.69, 9.17) is 9.47 Å². The maximum Gasteiger partial charge on any atom is 0.303 e. The molecule has 1 fully saturated rings. The number of alkyl halides is 1. The molecule has 1 heterocycles. The second kappa shape index (κ2) is 5.48. The molecule has 1 saturated heterocycles. The van der Waals surface area contributed by atoms with Crippen molar-refractivity contribution in [3.8, 4) is 5.75 Å². The number of hydrogen-bond donors (Lipinski definition) is 0. The molecule has 1 unspecified atom stereocenters. The number of rotatable bonds is 4. The van der Waals surface area contributed by atoms with Crippen molar-refractivity contribution in [1.82, 2.24) is 0 Å². The van der Waals surface area contributed by atoms with E-state index in [9.17, 15) is 14.0 Å². The van der Waals surface area contributed by atoms with E-state index in [-0.39, 0.29) is 12.5 Å². The molecule has 0 saturated carbocycles. The molecule has 1 aromatic carbocycles. The largest absolute Gasteiger partial charge is 0.496 e. The quantitative estimate of drug-likeness (QED) is 0.625. The number of carbonyl (C=O) groups is 2. The van der Waals surface area contributed by atoms with E-state index in [1.165, 1.54) is 25.9 Å². The van der Waals surface area contributed by atoms with Crippen LogP contribution in [0.3, 0.4) is 0 Å². The first kappa shape index (κ1) is 14.3. The van der Waals surface area contributed by atoms with Crippen molar-refractivity contribution in [2.45, 2.75) is 26.1 Å². The minimum Gasteiger partial charge on any atom is -0.496 e. The van der Waals surface area contributed by atoms with Crippen LogP contribution < -0.4 is 9.64 Å². The highest BCUT2D eigenvalue weighted by Gasteiger charge is 2.40. The molecule has 0 aromatic heterocycles. The van der Waals surface area contributed by atoms with Crippen LogP contribution in [0.2, 0.25) is 0 Å². The first-order chi connectivity index (χ1) is 9.43. The Balaban J connectivity index is 2.17. The first-order valence-electron chi connectivity index (χ1n) is 6.24. The molecule has 2 atom stereocenters. The summed E-state index contributed by atoms with van der Waals surface area (Å²) in [6.45, 7) is 2.94. The molecule has 5 nitrogen and oxygen atoms in total. The lowest BCUT2D eigenvalue weighted by molar-refractivity contribution is -0.156. The number of methoxy groups -OCH3 is 1. The molecule has 0 N–H and O–H groups in total. The van der Waals surface area contributed by atoms with Crippen molar-refractivity contribution in [1.29, 1.82) is 0 Å². The highest BCUT2D eigenvalue weighted by Crippen LogP contribution is 2.33. The Morgan fingerprint density at radius 2 is 2.20 bits per heavy atom. The lowest BCUT2D eigenvalue weighted by Gasteiger charge is -2.37. The molecule has 1 aliphatic rings. The number of hydrogen-bond acceptors (Lipinski definition) is 4. The number of ether oxygens (including phenoxy) is 2. The predicted octanol–water partition coefficient (Wildman–Crippen LogP) is 2.00. The van der Waals surface area contributed by atoms with E-state index >= 15 is 0 Å². The lowest BCUT2D eigenvalue weighted by atomic mass is 10.0. The van der Waals surface area contributed by atoms with Crippen LogP contribution in [0, 0.1) is 0 Å². The topological polar surface area (TPSA) is 55.8 Å². The summed E-state index contributed by atoms with van der Waals surface area (Å²) in [7, 11) is 1.46. The van der Waals surface area contributed by atoms with Gasteiger partial charge in [-0.2, -0.15) is 0 Å². The molecule has 20 heavy (non-hydrogen) atoms. The molecule has 6 heteroatoms. The van der Waals surface area contributed by atoms with E-state index in [0.29, 0.717) is 17.0 Å². The van der Waals surface area contributed by atoms with E-state index in [1.807, 2.05) is 0 Å². The number of anilines is 1. The van der Waals surface area contributed by atoms with Crippen LogP contribution in [0.25, 0.3) is 0 Å². The van der Waals surface area contributed by atoms with Gasteiger partial charge in [-0.1, -0.05) is 0 Å². The average molecular weight is 281 g/mol. The number of halogens is 1. The molecule has 0 aliphatic carbocycles. The van der Waals surface area contributed by atoms with E-state index < -0.39 is 18.2 Å². The van der Waals surface area contributed by atoms with Gasteiger partial charge in [-0.3, -0.25) is 9.59 Å². The van der Waals surface area contributed by atoms with Crippen molar-refractivity contribution in [3.63, 3.8) is 0 Å². The molecular weight excluding hydrogens is 265 g/mol. The summed E-state index contributed by atoms with van der Waals surface area (Å²) < 4.78 is 23.5. The van der Waals surface area contributed by atoms with Gasteiger partial charge in [0.25, 0.3) is 5.91 Å². The molecule has 1 aromatic rings. The van der Waals surface area contributed by atoms with E-state index in [2.05, 4.69) is 0 Å². The molecular formula is C14H16FNO4. The number of amides is 1. The summed E-state index contributed by atoms with van der Waals surface area (Å²) in [5.74, 6) is -0.355. The van der Waals surface area contributed by atoms with Crippen molar-refractivity contribution >= 4 is 17.6 Å². The molecule has 2 rings (SSSR count). The Labute approximate surface area is 116 Å². The van der Waals surface area contributed by atoms with Gasteiger partial charge >= 0.3 is 5.97 Å². The fourth-order valence-electron chi connectivity index (χ4n) is 2.12. The zero-order valence-electron chi connectivity index (χ0n) is 11.6. The van der Waals surface area contributed by atoms with Gasteiger partial charge < -0.3 is 14.4 Å². The Bertz CT molecular complexity index is 544. The molecule has 0 spiro atoms. The minimum absolute atomic E-state index is 0.283. The average Bonchev–Trinajstić information content (AvgIpc) is 2.41. The summed E-state index contributed by atoms with van der Waals surface area (Å²) in [5.41, 5.74) is 0.951. The Kier molecular flexibility index (Phi) is 3.92. The molecule has 1 amide bonds. The highest BCUT2D eigenvalue weighted by molar-refractivity contribution is 6.04. The van der Waals surface area contributed by atoms with Gasteiger partial charge in [0.05, 0.1) is 13.7 Å². The van der Waals surface area contributed by atoms with Gasteiger partial charge in [-0.05, 0) is 25.1 Å². The third kappa shape index (κ3) is 2.59. The van der Waals surface area contributed by atoms with Crippen LogP contribution in [0.5, 0.6) is 5.75 Å². The monoisotopic (exact) mass is 281 g/mol. The van der Waals surface area contributed by atoms with Crippen LogP contribution in [0.4, 0.5) is 10.1 Å². The predicted molar refractivity (Wildman–Crippen MR) is 70.4 cm³/mol. The standard InChI is InChI=1S/C14H16FNO4/c1-8(15)11-6-10(4-5-12(11)19-3)16-7-13(14(16)18)20-9(2)17/h4-6,8,13H,7H2,1-3H3/t8-,13?/m1/s1. The molecule has 108 valence electrons. The van der Waals surface area contributed by atoms with Crippen LogP contribution in [0.15, 0.2) is 18.2 Å². The van der Waals surface area contributed by atoms with Gasteiger partial charge in [-0.15, -0.1) is 0 Å². The summed E-state index contributed by atoms with van der Waals surface area (Å²) in [5, 5.41) is 0. The number of nitrogens with zero attached hydrogens (tertiary/aromatic N) is 1. The Morgan fingerprint density at radius 1 is 1.50 bits per heavy atom. The van der Waals surface area contributed by atoms with Gasteiger partial charge in [0.2, 0.25) is 0 Å². The van der Waals surface area contributed by atoms with E-state index in [1.54, 1.807) is 18.2 Å². The van der Waals surface area contributed by atoms with Crippen LogP contribution in [-0.2, 0) is 14.3 Å². The molecule has 0 bridgehead atoms. The number of carbonyl (C=O) groups excluding carboxylic acids is 2. The molecule has 1 aliphatic heterocycles. The fourth-order valence-corrected chi connectivity index (χ4v) is 2.12. The normalized spacial score (nSPS) is 19.3. The van der Waals surface area contributed by atoms with Gasteiger partial charge in [-0.25, -0.2) is 4.39 Å². The van der Waals surface area contributed by atoms with Gasteiger partial charge in [0.15, 0.2) is 6.10 Å². The lowest BCUT2D eigenvalue weighted by Crippen LogP contribution is -2.58. The Hall–Kier alpha value is -2.11. The molecule has 0 radical (unpaired) electrons. The van der Waals surface area contributed by atoms with Crippen LogP contribution in [0.1, 0.15) is 25.6 Å². The zero-order valence-corrected chi connectivity index (χ0v) is 11.6. The minimum atomic E-state index is -1.20. The van der Waals surface area contributed by atoms with Crippen LogP contribution in [-0.4, -0.2) is 31.6 Å². The second-order valence-corrected chi connectivity index (χ2v) is 4.59. The summed E-state index contributed by atoms with van der Waals surface area (Å²) in [4.78, 5) is 24.1. The number of benzene rings is 1. The van der Waals surface area contributed by atoms with Crippen LogP contribution >= 0.6 is 0 Å². The summed E-state index contributed by atoms with van der Waals surface area (Å²) >= 11 is 0. The van der Waals surface area contributed by atoms with Gasteiger partial charge in [0, 0.05) is 18.2 Å². The smallest absolute Gasteiger partial charge is 0.303 e. The highest BCUT2D eigenvalue weighted by atomic mass is 19.1. The number of β-lactam (4-membered cyclic amide) rings is 1. The van der Waals surface area contributed by atoms with Gasteiger partial charge in [0.1, 0.15) is 11.9 Å². The maximum absolute atomic E-state index is 13.5. The number of esters is 1. The van der Waals surface area contributed by atoms with Crippen molar-refractivity contribution in [2.24, 2.45) is 0 Å². The summed E-state index contributed by atoms with van der Waals surface area (Å²) in [6.07, 6.45) is -1.94. The second-order valence-electron chi connectivity index (χ2n) is 4.59. The van der Waals surface area contributed by atoms with Crippen molar-refractivity contribution < 1.29 is 23.5 Å². The zero-order chi connectivity index (χ0) is 14.9. The third-order valence-electron chi connectivity index (χ3n) is 3.15. The van der Waals surface area contributed by atoms with E-state index in [0.717, 1.165) is 0 Å². The third-order valence-corrected chi connectivity index (χ3v) is 3.15.